The largest absolute Gasteiger partial charge is 0.497 e. The molecule has 134 valence electrons. The topological polar surface area (TPSA) is 80.3 Å². The van der Waals surface area contributed by atoms with Crippen molar-refractivity contribution in [3.8, 4) is 5.75 Å². The number of nitrogens with zero attached hydrogens (tertiary/aromatic N) is 1. The van der Waals surface area contributed by atoms with Gasteiger partial charge in [-0.05, 0) is 36.4 Å². The molecule has 0 fully saturated rings. The number of methoxy groups -OCH3 is 1. The van der Waals surface area contributed by atoms with E-state index < -0.39 is 0 Å². The van der Waals surface area contributed by atoms with Crippen LogP contribution in [0.15, 0.2) is 42.5 Å². The Hall–Kier alpha value is -2.93. The number of rotatable bonds is 5. The van der Waals surface area contributed by atoms with Crippen molar-refractivity contribution in [1.29, 1.82) is 0 Å². The molecule has 0 spiro atoms. The first-order valence-electron chi connectivity index (χ1n) is 8.13. The third-order valence-electron chi connectivity index (χ3n) is 3.73. The van der Waals surface area contributed by atoms with Crippen molar-refractivity contribution in [2.75, 3.05) is 17.7 Å². The van der Waals surface area contributed by atoms with Gasteiger partial charge in [0, 0.05) is 17.2 Å². The molecule has 6 nitrogen and oxygen atoms in total. The summed E-state index contributed by atoms with van der Waals surface area (Å²) in [5, 5.41) is 6.10. The lowest BCUT2D eigenvalue weighted by molar-refractivity contribution is -0.118. The summed E-state index contributed by atoms with van der Waals surface area (Å²) in [6.07, 6.45) is 0. The van der Waals surface area contributed by atoms with Crippen LogP contribution in [0.2, 0.25) is 0 Å². The Balaban J connectivity index is 1.76. The number of benzene rings is 2. The molecule has 3 aromatic rings. The van der Waals surface area contributed by atoms with Crippen LogP contribution in [0.25, 0.3) is 10.2 Å². The van der Waals surface area contributed by atoms with Crippen LogP contribution < -0.4 is 15.4 Å². The van der Waals surface area contributed by atoms with Crippen molar-refractivity contribution < 1.29 is 14.3 Å². The number of anilines is 2. The van der Waals surface area contributed by atoms with Gasteiger partial charge in [-0.25, -0.2) is 4.98 Å². The zero-order valence-corrected chi connectivity index (χ0v) is 15.5. The van der Waals surface area contributed by atoms with E-state index in [-0.39, 0.29) is 17.7 Å². The maximum Gasteiger partial charge on any atom is 0.257 e. The van der Waals surface area contributed by atoms with Crippen molar-refractivity contribution in [3.63, 3.8) is 0 Å². The normalized spacial score (nSPS) is 10.8. The van der Waals surface area contributed by atoms with E-state index >= 15 is 0 Å². The minimum absolute atomic E-state index is 0.0947. The summed E-state index contributed by atoms with van der Waals surface area (Å²) in [6.45, 7) is 3.63. The Labute approximate surface area is 155 Å². The molecule has 0 aliphatic carbocycles. The predicted octanol–water partition coefficient (Wildman–Crippen LogP) is 4.15. The molecule has 0 radical (unpaired) electrons. The van der Waals surface area contributed by atoms with Crippen molar-refractivity contribution >= 4 is 44.2 Å². The lowest BCUT2D eigenvalue weighted by Crippen LogP contribution is -2.18. The molecule has 0 aliphatic heterocycles. The number of hydrogen-bond donors (Lipinski definition) is 2. The van der Waals surface area contributed by atoms with Crippen molar-refractivity contribution in [1.82, 2.24) is 4.98 Å². The van der Waals surface area contributed by atoms with Gasteiger partial charge in [-0.2, -0.15) is 0 Å². The number of aromatic nitrogens is 1. The summed E-state index contributed by atoms with van der Waals surface area (Å²) in [4.78, 5) is 28.7. The molecule has 0 bridgehead atoms. The molecule has 0 saturated carbocycles. The standard InChI is InChI=1S/C19H19N3O3S/c1-11(2)17(23)20-13-6-4-5-12(9-13)18(24)22-19-21-15-8-7-14(25-3)10-16(15)26-19/h4-11H,1-3H3,(H,20,23)(H,21,22,24). The highest BCUT2D eigenvalue weighted by atomic mass is 32.1. The molecule has 1 heterocycles. The summed E-state index contributed by atoms with van der Waals surface area (Å²) < 4.78 is 6.13. The number of nitrogens with one attached hydrogen (secondary N) is 2. The van der Waals surface area contributed by atoms with E-state index in [4.69, 9.17) is 4.74 Å². The second-order valence-corrected chi connectivity index (χ2v) is 7.06. The van der Waals surface area contributed by atoms with Gasteiger partial charge in [0.1, 0.15) is 5.75 Å². The highest BCUT2D eigenvalue weighted by Crippen LogP contribution is 2.29. The van der Waals surface area contributed by atoms with Gasteiger partial charge in [-0.1, -0.05) is 31.3 Å². The van der Waals surface area contributed by atoms with Crippen LogP contribution in [-0.2, 0) is 4.79 Å². The summed E-state index contributed by atoms with van der Waals surface area (Å²) in [5.74, 6) is 0.235. The monoisotopic (exact) mass is 369 g/mol. The van der Waals surface area contributed by atoms with E-state index in [0.29, 0.717) is 16.4 Å². The lowest BCUT2D eigenvalue weighted by Gasteiger charge is -2.09. The minimum Gasteiger partial charge on any atom is -0.497 e. The first-order valence-corrected chi connectivity index (χ1v) is 8.95. The second-order valence-electron chi connectivity index (χ2n) is 6.03. The number of hydrogen-bond acceptors (Lipinski definition) is 5. The number of ether oxygens (including phenoxy) is 1. The van der Waals surface area contributed by atoms with Gasteiger partial charge >= 0.3 is 0 Å². The van der Waals surface area contributed by atoms with Crippen LogP contribution in [0.1, 0.15) is 24.2 Å². The van der Waals surface area contributed by atoms with Crippen LogP contribution in [-0.4, -0.2) is 23.9 Å². The number of carbonyl (C=O) groups excluding carboxylic acids is 2. The van der Waals surface area contributed by atoms with Gasteiger partial charge in [0.2, 0.25) is 5.91 Å². The Morgan fingerprint density at radius 2 is 1.92 bits per heavy atom. The maximum absolute atomic E-state index is 12.5. The molecular weight excluding hydrogens is 350 g/mol. The number of carbonyl (C=O) groups is 2. The Bertz CT molecular complexity index is 966. The molecule has 0 aliphatic rings. The second kappa shape index (κ2) is 7.53. The van der Waals surface area contributed by atoms with E-state index in [0.717, 1.165) is 16.0 Å². The zero-order valence-electron chi connectivity index (χ0n) is 14.7. The molecule has 1 aromatic heterocycles. The first-order chi connectivity index (χ1) is 12.5. The van der Waals surface area contributed by atoms with Crippen LogP contribution >= 0.6 is 11.3 Å². The van der Waals surface area contributed by atoms with E-state index in [1.165, 1.54) is 11.3 Å². The molecule has 0 atom stereocenters. The SMILES string of the molecule is COc1ccc2nc(NC(=O)c3cccc(NC(=O)C(C)C)c3)sc2c1. The Kier molecular flexibility index (Phi) is 5.18. The summed E-state index contributed by atoms with van der Waals surface area (Å²) in [7, 11) is 1.61. The van der Waals surface area contributed by atoms with Crippen molar-refractivity contribution in [2.24, 2.45) is 5.92 Å². The molecule has 0 saturated heterocycles. The molecular formula is C19H19N3O3S. The fourth-order valence-electron chi connectivity index (χ4n) is 2.28. The van der Waals surface area contributed by atoms with Gasteiger partial charge in [0.05, 0.1) is 17.3 Å². The van der Waals surface area contributed by atoms with Gasteiger partial charge in [0.25, 0.3) is 5.91 Å². The third kappa shape index (κ3) is 4.00. The van der Waals surface area contributed by atoms with Crippen LogP contribution in [0.3, 0.4) is 0 Å². The van der Waals surface area contributed by atoms with E-state index in [1.54, 1.807) is 31.4 Å². The molecule has 2 N–H and O–H groups in total. The summed E-state index contributed by atoms with van der Waals surface area (Å²) in [5.41, 5.74) is 1.83. The van der Waals surface area contributed by atoms with E-state index in [2.05, 4.69) is 15.6 Å². The number of amides is 2. The van der Waals surface area contributed by atoms with Crippen molar-refractivity contribution in [2.45, 2.75) is 13.8 Å². The fraction of sp³-hybridized carbons (Fsp3) is 0.211. The van der Waals surface area contributed by atoms with Crippen molar-refractivity contribution in [3.05, 3.63) is 48.0 Å². The van der Waals surface area contributed by atoms with E-state index in [1.807, 2.05) is 32.0 Å². The molecule has 26 heavy (non-hydrogen) atoms. The summed E-state index contributed by atoms with van der Waals surface area (Å²) >= 11 is 1.38. The third-order valence-corrected chi connectivity index (χ3v) is 4.67. The Morgan fingerprint density at radius 1 is 1.12 bits per heavy atom. The fourth-order valence-corrected chi connectivity index (χ4v) is 3.17. The molecule has 2 amide bonds. The average Bonchev–Trinajstić information content (AvgIpc) is 3.02. The minimum atomic E-state index is -0.281. The highest BCUT2D eigenvalue weighted by molar-refractivity contribution is 7.22. The van der Waals surface area contributed by atoms with Crippen LogP contribution in [0.5, 0.6) is 5.75 Å². The molecule has 7 heteroatoms. The number of thiazole rings is 1. The molecule has 2 aromatic carbocycles. The zero-order chi connectivity index (χ0) is 18.7. The Morgan fingerprint density at radius 3 is 2.65 bits per heavy atom. The smallest absolute Gasteiger partial charge is 0.257 e. The van der Waals surface area contributed by atoms with Gasteiger partial charge < -0.3 is 10.1 Å². The van der Waals surface area contributed by atoms with Gasteiger partial charge in [-0.15, -0.1) is 0 Å². The quantitative estimate of drug-likeness (QED) is 0.708. The van der Waals surface area contributed by atoms with Gasteiger partial charge in [0.15, 0.2) is 5.13 Å². The molecule has 3 rings (SSSR count). The first kappa shape index (κ1) is 17.9. The molecule has 0 unspecified atom stereocenters. The average molecular weight is 369 g/mol. The summed E-state index contributed by atoms with van der Waals surface area (Å²) in [6, 6.07) is 12.4. The van der Waals surface area contributed by atoms with Crippen LogP contribution in [0.4, 0.5) is 10.8 Å². The van der Waals surface area contributed by atoms with Gasteiger partial charge in [-0.3, -0.25) is 14.9 Å². The van der Waals surface area contributed by atoms with Crippen LogP contribution in [0, 0.1) is 5.92 Å². The lowest BCUT2D eigenvalue weighted by atomic mass is 10.1. The maximum atomic E-state index is 12.5. The predicted molar refractivity (Wildman–Crippen MR) is 104 cm³/mol. The number of fused-ring (bicyclic) bond motifs is 1. The highest BCUT2D eigenvalue weighted by Gasteiger charge is 2.12. The van der Waals surface area contributed by atoms with E-state index in [9.17, 15) is 9.59 Å².